The van der Waals surface area contributed by atoms with Gasteiger partial charge in [-0.3, -0.25) is 0 Å². The molecule has 132 valence electrons. The maximum atomic E-state index is 8.83. The molecule has 0 radical (unpaired) electrons. The molecule has 0 aliphatic rings. The molecular weight excluding hydrogens is 349 g/mol. The van der Waals surface area contributed by atoms with Crippen LogP contribution in [-0.4, -0.2) is 24.9 Å². The van der Waals surface area contributed by atoms with Gasteiger partial charge in [-0.1, -0.05) is 41.9 Å². The molecule has 0 unspecified atom stereocenters. The summed E-state index contributed by atoms with van der Waals surface area (Å²) in [5.74, 6) is 1.19. The van der Waals surface area contributed by atoms with E-state index in [1.807, 2.05) is 49.4 Å². The van der Waals surface area contributed by atoms with Gasteiger partial charge in [-0.05, 0) is 30.2 Å². The molecule has 0 aliphatic carbocycles. The molecule has 0 amide bonds. The second-order valence-corrected chi connectivity index (χ2v) is 5.42. The second-order valence-electron chi connectivity index (χ2n) is 5.01. The van der Waals surface area contributed by atoms with Gasteiger partial charge in [-0.25, -0.2) is 0 Å². The Morgan fingerprint density at radius 1 is 1.08 bits per heavy atom. The maximum absolute atomic E-state index is 8.83. The molecule has 24 heavy (non-hydrogen) atoms. The van der Waals surface area contributed by atoms with Crippen molar-refractivity contribution in [3.63, 3.8) is 0 Å². The predicted molar refractivity (Wildman–Crippen MR) is 92.2 cm³/mol. The lowest BCUT2D eigenvalue weighted by Crippen LogP contribution is -3.00. The Balaban J connectivity index is 0.00000288. The number of hydrogen-bond donors (Lipinski definition) is 2. The quantitative estimate of drug-likeness (QED) is 0.627. The molecule has 0 atom stereocenters. The van der Waals surface area contributed by atoms with Crippen LogP contribution in [0.1, 0.15) is 18.1 Å². The summed E-state index contributed by atoms with van der Waals surface area (Å²) in [6.07, 6.45) is 0. The van der Waals surface area contributed by atoms with Crippen LogP contribution in [0.25, 0.3) is 0 Å². The number of ether oxygens (including phenoxy) is 2. The molecule has 0 saturated carbocycles. The minimum Gasteiger partial charge on any atom is -1.00 e. The first kappa shape index (κ1) is 20.6. The van der Waals surface area contributed by atoms with Gasteiger partial charge in [0.15, 0.2) is 11.5 Å². The van der Waals surface area contributed by atoms with E-state index < -0.39 is 0 Å². The van der Waals surface area contributed by atoms with E-state index in [1.165, 1.54) is 0 Å². The molecule has 2 N–H and O–H groups in total. The standard InChI is InChI=1S/C18H22ClNO3.ClH/c1-2-22-17-11-15(12-20-8-9-21)10-16(19)18(17)23-13-14-6-4-3-5-7-14;/h3-7,10-11,20-21H,2,8-9,12-13H2,1H3;1H/p-1. The fourth-order valence-electron chi connectivity index (χ4n) is 2.17. The Hall–Kier alpha value is -1.46. The van der Waals surface area contributed by atoms with E-state index in [0.29, 0.717) is 42.8 Å². The SMILES string of the molecule is CCOc1cc(CNCCO)cc(Cl)c1OCc1ccccc1.[Cl-]. The van der Waals surface area contributed by atoms with Gasteiger partial charge in [0.25, 0.3) is 0 Å². The smallest absolute Gasteiger partial charge is 0.180 e. The van der Waals surface area contributed by atoms with Crippen LogP contribution in [0.5, 0.6) is 11.5 Å². The lowest BCUT2D eigenvalue weighted by molar-refractivity contribution is -0.00000646. The van der Waals surface area contributed by atoms with Crippen LogP contribution >= 0.6 is 11.6 Å². The van der Waals surface area contributed by atoms with E-state index in [2.05, 4.69) is 5.32 Å². The minimum absolute atomic E-state index is 0. The molecule has 0 spiro atoms. The van der Waals surface area contributed by atoms with Crippen molar-refractivity contribution in [2.45, 2.75) is 20.1 Å². The third kappa shape index (κ3) is 6.21. The molecule has 0 aliphatic heterocycles. The summed E-state index contributed by atoms with van der Waals surface area (Å²) in [5, 5.41) is 12.5. The topological polar surface area (TPSA) is 50.7 Å². The fraction of sp³-hybridized carbons (Fsp3) is 0.333. The van der Waals surface area contributed by atoms with Crippen LogP contribution in [0, 0.1) is 0 Å². The Morgan fingerprint density at radius 2 is 1.83 bits per heavy atom. The van der Waals surface area contributed by atoms with Crippen LogP contribution in [-0.2, 0) is 13.2 Å². The monoisotopic (exact) mass is 370 g/mol. The molecule has 2 aromatic carbocycles. The molecule has 0 saturated heterocycles. The number of benzene rings is 2. The zero-order valence-electron chi connectivity index (χ0n) is 13.6. The van der Waals surface area contributed by atoms with E-state index in [0.717, 1.165) is 11.1 Å². The Kier molecular flexibility index (Phi) is 9.57. The van der Waals surface area contributed by atoms with Gasteiger partial charge in [0.05, 0.1) is 18.2 Å². The molecule has 0 heterocycles. The Morgan fingerprint density at radius 3 is 2.50 bits per heavy atom. The average Bonchev–Trinajstić information content (AvgIpc) is 2.55. The number of aliphatic hydroxyl groups is 1. The average molecular weight is 371 g/mol. The largest absolute Gasteiger partial charge is 1.00 e. The first-order chi connectivity index (χ1) is 11.2. The summed E-state index contributed by atoms with van der Waals surface area (Å²) in [6.45, 7) is 4.14. The second kappa shape index (κ2) is 11.2. The van der Waals surface area contributed by atoms with Gasteiger partial charge in [-0.2, -0.15) is 0 Å². The highest BCUT2D eigenvalue weighted by Gasteiger charge is 2.13. The number of aliphatic hydroxyl groups excluding tert-OH is 1. The van der Waals surface area contributed by atoms with E-state index >= 15 is 0 Å². The maximum Gasteiger partial charge on any atom is 0.180 e. The van der Waals surface area contributed by atoms with E-state index in [-0.39, 0.29) is 19.0 Å². The number of halogens is 2. The summed E-state index contributed by atoms with van der Waals surface area (Å²) < 4.78 is 11.5. The van der Waals surface area contributed by atoms with Crippen molar-refractivity contribution in [2.75, 3.05) is 19.8 Å². The van der Waals surface area contributed by atoms with Gasteiger partial charge in [0, 0.05) is 13.1 Å². The van der Waals surface area contributed by atoms with Crippen molar-refractivity contribution >= 4 is 11.6 Å². The first-order valence-electron chi connectivity index (χ1n) is 7.68. The summed E-state index contributed by atoms with van der Waals surface area (Å²) in [5.41, 5.74) is 2.05. The van der Waals surface area contributed by atoms with Gasteiger partial charge in [-0.15, -0.1) is 0 Å². The van der Waals surface area contributed by atoms with Crippen LogP contribution in [0.15, 0.2) is 42.5 Å². The number of nitrogens with one attached hydrogen (secondary N) is 1. The van der Waals surface area contributed by atoms with Crippen molar-refractivity contribution in [1.82, 2.24) is 5.32 Å². The molecule has 6 heteroatoms. The Labute approximate surface area is 154 Å². The molecule has 4 nitrogen and oxygen atoms in total. The zero-order valence-corrected chi connectivity index (χ0v) is 15.1. The highest BCUT2D eigenvalue weighted by atomic mass is 35.5. The zero-order chi connectivity index (χ0) is 16.5. The molecule has 2 rings (SSSR count). The summed E-state index contributed by atoms with van der Waals surface area (Å²) in [7, 11) is 0. The fourth-order valence-corrected chi connectivity index (χ4v) is 2.46. The van der Waals surface area contributed by atoms with Crippen molar-refractivity contribution in [3.8, 4) is 11.5 Å². The van der Waals surface area contributed by atoms with E-state index in [1.54, 1.807) is 0 Å². The highest BCUT2D eigenvalue weighted by Crippen LogP contribution is 2.37. The lowest BCUT2D eigenvalue weighted by atomic mass is 10.2. The summed E-state index contributed by atoms with van der Waals surface area (Å²) in [6, 6.07) is 13.7. The third-order valence-electron chi connectivity index (χ3n) is 3.21. The minimum atomic E-state index is 0. The van der Waals surface area contributed by atoms with E-state index in [4.69, 9.17) is 26.2 Å². The summed E-state index contributed by atoms with van der Waals surface area (Å²) >= 11 is 6.37. The van der Waals surface area contributed by atoms with Gasteiger partial charge < -0.3 is 32.3 Å². The summed E-state index contributed by atoms with van der Waals surface area (Å²) in [4.78, 5) is 0. The van der Waals surface area contributed by atoms with Crippen molar-refractivity contribution in [2.24, 2.45) is 0 Å². The van der Waals surface area contributed by atoms with Crippen molar-refractivity contribution in [1.29, 1.82) is 0 Å². The van der Waals surface area contributed by atoms with Crippen molar-refractivity contribution in [3.05, 3.63) is 58.6 Å². The molecule has 0 bridgehead atoms. The normalized spacial score (nSPS) is 10.1. The van der Waals surface area contributed by atoms with Crippen molar-refractivity contribution < 1.29 is 27.0 Å². The molecule has 2 aromatic rings. The van der Waals surface area contributed by atoms with Crippen LogP contribution in [0.3, 0.4) is 0 Å². The lowest BCUT2D eigenvalue weighted by Gasteiger charge is -2.15. The van der Waals surface area contributed by atoms with Crippen LogP contribution in [0.4, 0.5) is 0 Å². The number of hydrogen-bond acceptors (Lipinski definition) is 4. The van der Waals surface area contributed by atoms with Gasteiger partial charge >= 0.3 is 0 Å². The predicted octanol–water partition coefficient (Wildman–Crippen LogP) is 0.404. The molecule has 0 fully saturated rings. The highest BCUT2D eigenvalue weighted by molar-refractivity contribution is 6.32. The first-order valence-corrected chi connectivity index (χ1v) is 8.06. The van der Waals surface area contributed by atoms with E-state index in [9.17, 15) is 0 Å². The number of rotatable bonds is 9. The van der Waals surface area contributed by atoms with Gasteiger partial charge in [0.2, 0.25) is 0 Å². The third-order valence-corrected chi connectivity index (χ3v) is 3.49. The van der Waals surface area contributed by atoms with Crippen LogP contribution < -0.4 is 27.2 Å². The van der Waals surface area contributed by atoms with Crippen LogP contribution in [0.2, 0.25) is 5.02 Å². The molecule has 0 aromatic heterocycles. The van der Waals surface area contributed by atoms with Gasteiger partial charge in [0.1, 0.15) is 6.61 Å². The molecular formula is C18H22Cl2NO3-. The Bertz CT molecular complexity index is 609.